The van der Waals surface area contributed by atoms with Gasteiger partial charge in [-0.05, 0) is 40.5 Å². The summed E-state index contributed by atoms with van der Waals surface area (Å²) in [5, 5.41) is 13.6. The summed E-state index contributed by atoms with van der Waals surface area (Å²) in [5.74, 6) is 0.0904. The van der Waals surface area contributed by atoms with Gasteiger partial charge in [-0.2, -0.15) is 0 Å². The van der Waals surface area contributed by atoms with Crippen LogP contribution in [0.15, 0.2) is 59.6 Å². The minimum atomic E-state index is -0.476. The van der Waals surface area contributed by atoms with E-state index < -0.39 is 4.92 Å². The number of rotatable bonds is 7. The Morgan fingerprint density at radius 1 is 1.33 bits per heavy atom. The van der Waals surface area contributed by atoms with Crippen molar-refractivity contribution in [3.05, 3.63) is 75.3 Å². The zero-order valence-electron chi connectivity index (χ0n) is 12.7. The van der Waals surface area contributed by atoms with Crippen molar-refractivity contribution in [3.63, 3.8) is 0 Å². The van der Waals surface area contributed by atoms with Crippen LogP contribution in [0.1, 0.15) is 5.56 Å². The van der Waals surface area contributed by atoms with Gasteiger partial charge in [-0.15, -0.1) is 6.58 Å². The fourth-order valence-corrected chi connectivity index (χ4v) is 2.41. The van der Waals surface area contributed by atoms with Crippen LogP contribution in [0.2, 0.25) is 0 Å². The first-order valence-electron chi connectivity index (χ1n) is 7.06. The van der Waals surface area contributed by atoms with Gasteiger partial charge in [0.1, 0.15) is 5.75 Å². The van der Waals surface area contributed by atoms with Gasteiger partial charge in [-0.3, -0.25) is 14.9 Å². The highest BCUT2D eigenvalue weighted by Gasteiger charge is 2.12. The summed E-state index contributed by atoms with van der Waals surface area (Å²) in [4.78, 5) is 22.4. The molecule has 0 aliphatic carbocycles. The summed E-state index contributed by atoms with van der Waals surface area (Å²) in [5.41, 5.74) is 1.21. The lowest BCUT2D eigenvalue weighted by Crippen LogP contribution is -2.20. The number of nitro benzene ring substituents is 1. The zero-order valence-corrected chi connectivity index (χ0v) is 14.3. The fourth-order valence-electron chi connectivity index (χ4n) is 2.03. The van der Waals surface area contributed by atoms with Gasteiger partial charge in [-0.1, -0.05) is 18.2 Å². The van der Waals surface area contributed by atoms with Crippen molar-refractivity contribution in [1.29, 1.82) is 0 Å². The quantitative estimate of drug-likeness (QED) is 0.438. The predicted molar refractivity (Wildman–Crippen MR) is 95.3 cm³/mol. The number of non-ortho nitro benzene ring substituents is 1. The van der Waals surface area contributed by atoms with Crippen molar-refractivity contribution in [2.75, 3.05) is 11.9 Å². The lowest BCUT2D eigenvalue weighted by atomic mass is 10.1. The Hall–Kier alpha value is -2.67. The summed E-state index contributed by atoms with van der Waals surface area (Å²) < 4.78 is 6.27. The van der Waals surface area contributed by atoms with Gasteiger partial charge in [0.2, 0.25) is 0 Å². The van der Waals surface area contributed by atoms with Crippen molar-refractivity contribution >= 4 is 33.2 Å². The number of nitrogens with zero attached hydrogens (tertiary/aromatic N) is 1. The summed E-state index contributed by atoms with van der Waals surface area (Å²) >= 11 is 3.34. The first kappa shape index (κ1) is 17.7. The third kappa shape index (κ3) is 4.66. The number of anilines is 1. The van der Waals surface area contributed by atoms with Gasteiger partial charge < -0.3 is 10.1 Å². The third-order valence-electron chi connectivity index (χ3n) is 3.13. The second kappa shape index (κ2) is 8.26. The molecule has 0 spiro atoms. The number of allylic oxidation sites excluding steroid dienone is 1. The van der Waals surface area contributed by atoms with Crippen LogP contribution < -0.4 is 10.1 Å². The van der Waals surface area contributed by atoms with E-state index in [1.165, 1.54) is 18.2 Å². The summed E-state index contributed by atoms with van der Waals surface area (Å²) in [6.45, 7) is 3.42. The van der Waals surface area contributed by atoms with E-state index in [2.05, 4.69) is 27.8 Å². The molecule has 0 saturated carbocycles. The van der Waals surface area contributed by atoms with Crippen LogP contribution in [0.3, 0.4) is 0 Å². The van der Waals surface area contributed by atoms with Crippen molar-refractivity contribution in [1.82, 2.24) is 0 Å². The molecule has 2 aromatic carbocycles. The normalized spacial score (nSPS) is 10.0. The summed E-state index contributed by atoms with van der Waals surface area (Å²) in [7, 11) is 0. The number of hydrogen-bond acceptors (Lipinski definition) is 4. The van der Waals surface area contributed by atoms with Gasteiger partial charge in [0.15, 0.2) is 6.61 Å². The standard InChI is InChI=1S/C17H15BrN2O4/c1-2-5-12-10-13(20(22)23)8-9-16(12)24-11-17(21)19-15-7-4-3-6-14(15)18/h2-4,6-10H,1,5,11H2,(H,19,21). The van der Waals surface area contributed by atoms with Crippen LogP contribution in [0.25, 0.3) is 0 Å². The molecule has 0 fully saturated rings. The maximum Gasteiger partial charge on any atom is 0.269 e. The molecule has 24 heavy (non-hydrogen) atoms. The van der Waals surface area contributed by atoms with Crippen LogP contribution in [0.5, 0.6) is 5.75 Å². The molecular formula is C17H15BrN2O4. The van der Waals surface area contributed by atoms with Gasteiger partial charge in [0.25, 0.3) is 11.6 Å². The van der Waals surface area contributed by atoms with Crippen molar-refractivity contribution < 1.29 is 14.5 Å². The molecule has 2 aromatic rings. The molecule has 0 bridgehead atoms. The highest BCUT2D eigenvalue weighted by molar-refractivity contribution is 9.10. The number of hydrogen-bond donors (Lipinski definition) is 1. The fraction of sp³-hybridized carbons (Fsp3) is 0.118. The smallest absolute Gasteiger partial charge is 0.269 e. The van der Waals surface area contributed by atoms with Crippen LogP contribution in [0.4, 0.5) is 11.4 Å². The second-order valence-corrected chi connectivity index (χ2v) is 5.71. The van der Waals surface area contributed by atoms with Crippen molar-refractivity contribution in [2.24, 2.45) is 0 Å². The molecule has 0 atom stereocenters. The predicted octanol–water partition coefficient (Wildman–Crippen LogP) is 4.10. The lowest BCUT2D eigenvalue weighted by Gasteiger charge is -2.11. The first-order valence-corrected chi connectivity index (χ1v) is 7.86. The Morgan fingerprint density at radius 3 is 2.75 bits per heavy atom. The van der Waals surface area contributed by atoms with Gasteiger partial charge in [0.05, 0.1) is 10.6 Å². The third-order valence-corrected chi connectivity index (χ3v) is 3.82. The second-order valence-electron chi connectivity index (χ2n) is 4.86. The Bertz CT molecular complexity index is 777. The largest absolute Gasteiger partial charge is 0.483 e. The highest BCUT2D eigenvalue weighted by atomic mass is 79.9. The lowest BCUT2D eigenvalue weighted by molar-refractivity contribution is -0.384. The van der Waals surface area contributed by atoms with E-state index >= 15 is 0 Å². The Morgan fingerprint density at radius 2 is 2.08 bits per heavy atom. The number of carbonyl (C=O) groups is 1. The number of amides is 1. The molecule has 0 heterocycles. The molecule has 0 aliphatic rings. The Balaban J connectivity index is 2.05. The maximum absolute atomic E-state index is 12.0. The molecule has 0 aromatic heterocycles. The molecule has 1 amide bonds. The average Bonchev–Trinajstić information content (AvgIpc) is 2.56. The number of nitrogens with one attached hydrogen (secondary N) is 1. The van der Waals surface area contributed by atoms with Crippen LogP contribution >= 0.6 is 15.9 Å². The van der Waals surface area contributed by atoms with Gasteiger partial charge in [-0.25, -0.2) is 0 Å². The van der Waals surface area contributed by atoms with Gasteiger partial charge in [0, 0.05) is 22.2 Å². The SMILES string of the molecule is C=CCc1cc([N+](=O)[O-])ccc1OCC(=O)Nc1ccccc1Br. The molecule has 0 radical (unpaired) electrons. The number of halogens is 1. The number of para-hydroxylation sites is 1. The molecule has 2 rings (SSSR count). The monoisotopic (exact) mass is 390 g/mol. The van der Waals surface area contributed by atoms with E-state index in [4.69, 9.17) is 4.74 Å². The van der Waals surface area contributed by atoms with Crippen LogP contribution in [0, 0.1) is 10.1 Å². The minimum Gasteiger partial charge on any atom is -0.483 e. The highest BCUT2D eigenvalue weighted by Crippen LogP contribution is 2.25. The number of nitro groups is 1. The van der Waals surface area contributed by atoms with Crippen LogP contribution in [-0.2, 0) is 11.2 Å². The molecule has 7 heteroatoms. The maximum atomic E-state index is 12.0. The van der Waals surface area contributed by atoms with Crippen LogP contribution in [-0.4, -0.2) is 17.4 Å². The molecule has 0 aliphatic heterocycles. The number of carbonyl (C=O) groups excluding carboxylic acids is 1. The molecule has 1 N–H and O–H groups in total. The number of ether oxygens (including phenoxy) is 1. The summed E-state index contributed by atoms with van der Waals surface area (Å²) in [6, 6.07) is 11.5. The van der Waals surface area contributed by atoms with E-state index in [1.807, 2.05) is 12.1 Å². The average molecular weight is 391 g/mol. The van der Waals surface area contributed by atoms with E-state index in [1.54, 1.807) is 18.2 Å². The molecule has 0 saturated heterocycles. The number of benzene rings is 2. The van der Waals surface area contributed by atoms with Gasteiger partial charge >= 0.3 is 0 Å². The first-order chi connectivity index (χ1) is 11.5. The molecule has 6 nitrogen and oxygen atoms in total. The van der Waals surface area contributed by atoms with E-state index in [-0.39, 0.29) is 18.2 Å². The Kier molecular flexibility index (Phi) is 6.08. The topological polar surface area (TPSA) is 81.5 Å². The van der Waals surface area contributed by atoms with Crippen molar-refractivity contribution in [2.45, 2.75) is 6.42 Å². The van der Waals surface area contributed by atoms with E-state index in [9.17, 15) is 14.9 Å². The summed E-state index contributed by atoms with van der Waals surface area (Å²) in [6.07, 6.45) is 2.02. The molecule has 0 unspecified atom stereocenters. The molecule has 124 valence electrons. The van der Waals surface area contributed by atoms with E-state index in [0.717, 1.165) is 4.47 Å². The van der Waals surface area contributed by atoms with Crippen molar-refractivity contribution in [3.8, 4) is 5.75 Å². The zero-order chi connectivity index (χ0) is 17.5. The molecular weight excluding hydrogens is 376 g/mol. The Labute approximate surface area is 147 Å². The van der Waals surface area contributed by atoms with E-state index in [0.29, 0.717) is 23.4 Å². The minimum absolute atomic E-state index is 0.0307.